The highest BCUT2D eigenvalue weighted by molar-refractivity contribution is 9.10. The Morgan fingerprint density at radius 3 is 2.85 bits per heavy atom. The minimum atomic E-state index is -0.156. The monoisotopic (exact) mass is 443 g/mol. The number of amides is 1. The highest BCUT2D eigenvalue weighted by Gasteiger charge is 2.27. The van der Waals surface area contributed by atoms with E-state index in [4.69, 9.17) is 11.6 Å². The number of carbonyl (C=O) groups is 1. The van der Waals surface area contributed by atoms with E-state index in [-0.39, 0.29) is 11.9 Å². The van der Waals surface area contributed by atoms with Gasteiger partial charge in [0, 0.05) is 28.1 Å². The van der Waals surface area contributed by atoms with Crippen molar-refractivity contribution >= 4 is 50.8 Å². The SMILES string of the molecule is O=C(Nc1ccc(Br)cc1)C1=CCC2NC(Nc3ccncc3Cl)=NC2=C1. The molecule has 136 valence electrons. The van der Waals surface area contributed by atoms with E-state index in [0.717, 1.165) is 21.5 Å². The first-order chi connectivity index (χ1) is 13.1. The number of halogens is 2. The Labute approximate surface area is 169 Å². The van der Waals surface area contributed by atoms with Crippen molar-refractivity contribution in [2.45, 2.75) is 12.5 Å². The Balaban J connectivity index is 1.46. The fraction of sp³-hybridized carbons (Fsp3) is 0.105. The van der Waals surface area contributed by atoms with Crippen LogP contribution in [-0.4, -0.2) is 22.9 Å². The summed E-state index contributed by atoms with van der Waals surface area (Å²) in [5.41, 5.74) is 2.87. The largest absolute Gasteiger partial charge is 0.347 e. The average molecular weight is 445 g/mol. The van der Waals surface area contributed by atoms with Gasteiger partial charge in [0.05, 0.1) is 22.4 Å². The lowest BCUT2D eigenvalue weighted by atomic mass is 10.00. The Hall–Kier alpha value is -2.64. The number of nitrogens with zero attached hydrogens (tertiary/aromatic N) is 2. The number of carbonyl (C=O) groups excluding carboxylic acids is 1. The summed E-state index contributed by atoms with van der Waals surface area (Å²) in [6.07, 6.45) is 7.61. The van der Waals surface area contributed by atoms with Crippen LogP contribution in [-0.2, 0) is 4.79 Å². The van der Waals surface area contributed by atoms with Crippen LogP contribution in [0.5, 0.6) is 0 Å². The van der Waals surface area contributed by atoms with Crippen LogP contribution in [0.4, 0.5) is 11.4 Å². The lowest BCUT2D eigenvalue weighted by molar-refractivity contribution is -0.112. The second-order valence-corrected chi connectivity index (χ2v) is 7.39. The molecule has 27 heavy (non-hydrogen) atoms. The predicted molar refractivity (Wildman–Crippen MR) is 111 cm³/mol. The zero-order valence-corrected chi connectivity index (χ0v) is 16.4. The lowest BCUT2D eigenvalue weighted by Crippen LogP contribution is -2.34. The van der Waals surface area contributed by atoms with Crippen molar-refractivity contribution < 1.29 is 4.79 Å². The van der Waals surface area contributed by atoms with Crippen LogP contribution in [0.15, 0.2) is 75.6 Å². The molecular formula is C19H15BrClN5O. The van der Waals surface area contributed by atoms with E-state index < -0.39 is 0 Å². The van der Waals surface area contributed by atoms with Gasteiger partial charge in [-0.1, -0.05) is 33.6 Å². The van der Waals surface area contributed by atoms with Crippen LogP contribution >= 0.6 is 27.5 Å². The van der Waals surface area contributed by atoms with Crippen LogP contribution < -0.4 is 16.0 Å². The first-order valence-corrected chi connectivity index (χ1v) is 9.46. The summed E-state index contributed by atoms with van der Waals surface area (Å²) in [6.45, 7) is 0. The van der Waals surface area contributed by atoms with Gasteiger partial charge in [0.15, 0.2) is 0 Å². The lowest BCUT2D eigenvalue weighted by Gasteiger charge is -2.16. The Bertz CT molecular complexity index is 984. The first kappa shape index (κ1) is 17.8. The maximum atomic E-state index is 12.5. The fourth-order valence-electron chi connectivity index (χ4n) is 2.82. The highest BCUT2D eigenvalue weighted by atomic mass is 79.9. The Morgan fingerprint density at radius 1 is 1.26 bits per heavy atom. The Kier molecular flexibility index (Phi) is 4.96. The molecule has 2 heterocycles. The van der Waals surface area contributed by atoms with Gasteiger partial charge < -0.3 is 16.0 Å². The molecule has 1 aromatic carbocycles. The third kappa shape index (κ3) is 4.04. The molecule has 4 rings (SSSR count). The fourth-order valence-corrected chi connectivity index (χ4v) is 3.25. The van der Waals surface area contributed by atoms with Gasteiger partial charge in [0.2, 0.25) is 5.96 Å². The summed E-state index contributed by atoms with van der Waals surface area (Å²) in [7, 11) is 0. The third-order valence-electron chi connectivity index (χ3n) is 4.18. The maximum Gasteiger partial charge on any atom is 0.255 e. The minimum absolute atomic E-state index is 0.0392. The third-order valence-corrected chi connectivity index (χ3v) is 5.01. The number of benzene rings is 1. The maximum absolute atomic E-state index is 12.5. The second kappa shape index (κ2) is 7.54. The molecule has 1 amide bonds. The van der Waals surface area contributed by atoms with Crippen molar-refractivity contribution in [1.29, 1.82) is 0 Å². The van der Waals surface area contributed by atoms with E-state index >= 15 is 0 Å². The van der Waals surface area contributed by atoms with Crippen molar-refractivity contribution in [2.75, 3.05) is 10.6 Å². The van der Waals surface area contributed by atoms with Crippen LogP contribution in [0.1, 0.15) is 6.42 Å². The van der Waals surface area contributed by atoms with E-state index in [1.165, 1.54) is 0 Å². The van der Waals surface area contributed by atoms with Crippen molar-refractivity contribution in [3.05, 3.63) is 75.6 Å². The molecule has 0 fully saturated rings. The second-order valence-electron chi connectivity index (χ2n) is 6.06. The number of aromatic nitrogens is 1. The highest BCUT2D eigenvalue weighted by Crippen LogP contribution is 2.26. The molecule has 2 aromatic rings. The van der Waals surface area contributed by atoms with Crippen LogP contribution in [0, 0.1) is 0 Å². The minimum Gasteiger partial charge on any atom is -0.347 e. The summed E-state index contributed by atoms with van der Waals surface area (Å²) in [5.74, 6) is 0.444. The molecule has 1 unspecified atom stereocenters. The molecule has 0 radical (unpaired) electrons. The molecule has 1 aromatic heterocycles. The molecule has 3 N–H and O–H groups in total. The summed E-state index contributed by atoms with van der Waals surface area (Å²) in [5, 5.41) is 9.85. The molecule has 0 spiro atoms. The first-order valence-electron chi connectivity index (χ1n) is 8.29. The van der Waals surface area contributed by atoms with E-state index in [9.17, 15) is 4.79 Å². The van der Waals surface area contributed by atoms with Crippen LogP contribution in [0.2, 0.25) is 5.02 Å². The topological polar surface area (TPSA) is 78.4 Å². The molecule has 0 saturated carbocycles. The molecule has 1 aliphatic heterocycles. The number of anilines is 2. The molecule has 1 aliphatic carbocycles. The summed E-state index contributed by atoms with van der Waals surface area (Å²) in [4.78, 5) is 21.0. The number of rotatable bonds is 3. The number of pyridine rings is 1. The van der Waals surface area contributed by atoms with E-state index in [1.54, 1.807) is 24.5 Å². The number of hydrogen-bond donors (Lipinski definition) is 3. The molecule has 6 nitrogen and oxygen atoms in total. The zero-order valence-electron chi connectivity index (χ0n) is 14.0. The van der Waals surface area contributed by atoms with Gasteiger partial charge in [-0.25, -0.2) is 4.99 Å². The normalized spacial score (nSPS) is 17.9. The molecule has 8 heteroatoms. The summed E-state index contributed by atoms with van der Waals surface area (Å²) in [6, 6.07) is 9.27. The van der Waals surface area contributed by atoms with Crippen LogP contribution in [0.25, 0.3) is 0 Å². The van der Waals surface area contributed by atoms with E-state index in [1.807, 2.05) is 30.3 Å². The number of aliphatic imine (C=N–C) groups is 1. The summed E-state index contributed by atoms with van der Waals surface area (Å²) < 4.78 is 0.961. The average Bonchev–Trinajstić information content (AvgIpc) is 3.07. The standard InChI is InChI=1S/C19H15BrClN5O/c20-12-2-4-13(5-3-12)23-18(27)11-1-6-16-17(9-11)26-19(25-16)24-15-7-8-22-10-14(15)21/h1-5,7-10,16H,6H2,(H,23,27)(H2,22,24,25,26). The van der Waals surface area contributed by atoms with Crippen molar-refractivity contribution in [2.24, 2.45) is 4.99 Å². The number of guanidine groups is 1. The van der Waals surface area contributed by atoms with Crippen molar-refractivity contribution in [3.63, 3.8) is 0 Å². The van der Waals surface area contributed by atoms with E-state index in [0.29, 0.717) is 23.0 Å². The van der Waals surface area contributed by atoms with Gasteiger partial charge in [-0.2, -0.15) is 0 Å². The van der Waals surface area contributed by atoms with Gasteiger partial charge >= 0.3 is 0 Å². The van der Waals surface area contributed by atoms with Gasteiger partial charge in [-0.3, -0.25) is 9.78 Å². The number of hydrogen-bond acceptors (Lipinski definition) is 5. The van der Waals surface area contributed by atoms with Gasteiger partial charge in [0.25, 0.3) is 5.91 Å². The predicted octanol–water partition coefficient (Wildman–Crippen LogP) is 4.09. The molecule has 2 aliphatic rings. The number of fused-ring (bicyclic) bond motifs is 1. The quantitative estimate of drug-likeness (QED) is 0.666. The van der Waals surface area contributed by atoms with Gasteiger partial charge in [0.1, 0.15) is 0 Å². The molecule has 0 saturated heterocycles. The Morgan fingerprint density at radius 2 is 2.07 bits per heavy atom. The van der Waals surface area contributed by atoms with Gasteiger partial charge in [-0.15, -0.1) is 0 Å². The van der Waals surface area contributed by atoms with Crippen LogP contribution in [0.3, 0.4) is 0 Å². The van der Waals surface area contributed by atoms with Gasteiger partial charge in [-0.05, 0) is 42.8 Å². The molecular weight excluding hydrogens is 430 g/mol. The smallest absolute Gasteiger partial charge is 0.255 e. The van der Waals surface area contributed by atoms with E-state index in [2.05, 4.69) is 41.9 Å². The van der Waals surface area contributed by atoms with Crippen molar-refractivity contribution in [1.82, 2.24) is 10.3 Å². The van der Waals surface area contributed by atoms with Crippen molar-refractivity contribution in [3.8, 4) is 0 Å². The number of nitrogens with one attached hydrogen (secondary N) is 3. The zero-order chi connectivity index (χ0) is 18.8. The molecule has 0 bridgehead atoms. The molecule has 1 atom stereocenters. The summed E-state index contributed by atoms with van der Waals surface area (Å²) >= 11 is 9.50.